The van der Waals surface area contributed by atoms with Crippen LogP contribution in [0.4, 0.5) is 0 Å². The highest BCUT2D eigenvalue weighted by molar-refractivity contribution is 5.85. The summed E-state index contributed by atoms with van der Waals surface area (Å²) in [6, 6.07) is 8.66. The van der Waals surface area contributed by atoms with Crippen molar-refractivity contribution in [3.63, 3.8) is 0 Å². The summed E-state index contributed by atoms with van der Waals surface area (Å²) < 4.78 is 0. The minimum Gasteiger partial charge on any atom is -0.396 e. The molecule has 22 heavy (non-hydrogen) atoms. The molecule has 0 spiro atoms. The van der Waals surface area contributed by atoms with Gasteiger partial charge in [-0.1, -0.05) is 25.1 Å². The zero-order valence-corrected chi connectivity index (χ0v) is 14.2. The van der Waals surface area contributed by atoms with Crippen LogP contribution in [-0.2, 0) is 6.42 Å². The fraction of sp³-hybridized carbons (Fsp3) is 0.579. The first-order valence-corrected chi connectivity index (χ1v) is 8.48. The first-order chi connectivity index (χ1) is 10.6. The lowest BCUT2D eigenvalue weighted by molar-refractivity contribution is 0.273. The Morgan fingerprint density at radius 1 is 1.23 bits per heavy atom. The van der Waals surface area contributed by atoms with Gasteiger partial charge in [0, 0.05) is 23.2 Å². The highest BCUT2D eigenvalue weighted by atomic mass is 16.2. The summed E-state index contributed by atoms with van der Waals surface area (Å²) >= 11 is 0. The van der Waals surface area contributed by atoms with Gasteiger partial charge in [-0.25, -0.2) is 0 Å². The number of H-pyrrole nitrogens is 1. The van der Waals surface area contributed by atoms with Crippen molar-refractivity contribution in [1.29, 1.82) is 0 Å². The predicted molar refractivity (Wildman–Crippen MR) is 94.5 cm³/mol. The molecule has 1 aliphatic rings. The summed E-state index contributed by atoms with van der Waals surface area (Å²) in [4.78, 5) is 5.69. The van der Waals surface area contributed by atoms with Crippen LogP contribution in [0, 0.1) is 0 Å². The molecule has 0 bridgehead atoms. The van der Waals surface area contributed by atoms with Crippen LogP contribution in [0.3, 0.4) is 0 Å². The predicted octanol–water partition coefficient (Wildman–Crippen LogP) is 3.93. The third-order valence-corrected chi connectivity index (χ3v) is 4.42. The van der Waals surface area contributed by atoms with Crippen molar-refractivity contribution < 1.29 is 5.11 Å². The second kappa shape index (κ2) is 8.35. The summed E-state index contributed by atoms with van der Waals surface area (Å²) in [6.07, 6.45) is 5.96. The number of aromatic amines is 1. The Kier molecular flexibility index (Phi) is 6.47. The number of aromatic nitrogens is 1. The first kappa shape index (κ1) is 17.0. The van der Waals surface area contributed by atoms with Crippen LogP contribution in [0.25, 0.3) is 10.9 Å². The maximum absolute atomic E-state index is 8.36. The minimum atomic E-state index is 0.327. The van der Waals surface area contributed by atoms with Crippen molar-refractivity contribution in [2.24, 2.45) is 0 Å². The van der Waals surface area contributed by atoms with Gasteiger partial charge in [-0.3, -0.25) is 0 Å². The number of aliphatic hydroxyl groups excluding tert-OH is 1. The lowest BCUT2D eigenvalue weighted by atomic mass is 9.88. The van der Waals surface area contributed by atoms with E-state index in [9.17, 15) is 0 Å². The molecule has 1 aromatic carbocycles. The van der Waals surface area contributed by atoms with Crippen LogP contribution in [0.1, 0.15) is 49.8 Å². The molecule has 0 fully saturated rings. The van der Waals surface area contributed by atoms with Crippen LogP contribution in [0.5, 0.6) is 0 Å². The SMILES string of the molecule is CC1CCCc2c1[nH]c1ccccc21.CN(C)CCCCO. The summed E-state index contributed by atoms with van der Waals surface area (Å²) in [7, 11) is 4.08. The second-order valence-corrected chi connectivity index (χ2v) is 6.59. The molecule has 0 saturated heterocycles. The van der Waals surface area contributed by atoms with Crippen LogP contribution in [0.2, 0.25) is 0 Å². The van der Waals surface area contributed by atoms with Gasteiger partial charge in [0.15, 0.2) is 0 Å². The lowest BCUT2D eigenvalue weighted by Crippen LogP contribution is -2.12. The molecule has 3 nitrogen and oxygen atoms in total. The fourth-order valence-corrected chi connectivity index (χ4v) is 3.18. The summed E-state index contributed by atoms with van der Waals surface area (Å²) in [5.74, 6) is 0.714. The van der Waals surface area contributed by atoms with Gasteiger partial charge in [-0.05, 0) is 70.3 Å². The maximum atomic E-state index is 8.36. The van der Waals surface area contributed by atoms with Crippen molar-refractivity contribution in [2.45, 2.75) is 44.9 Å². The van der Waals surface area contributed by atoms with Crippen LogP contribution < -0.4 is 0 Å². The largest absolute Gasteiger partial charge is 0.396 e. The molecule has 2 N–H and O–H groups in total. The van der Waals surface area contributed by atoms with Gasteiger partial charge < -0.3 is 15.0 Å². The Hall–Kier alpha value is -1.32. The topological polar surface area (TPSA) is 39.3 Å². The smallest absolute Gasteiger partial charge is 0.0459 e. The molecule has 0 saturated carbocycles. The molecule has 0 amide bonds. The van der Waals surface area contributed by atoms with Crippen LogP contribution >= 0.6 is 0 Å². The summed E-state index contributed by atoms with van der Waals surface area (Å²) in [5.41, 5.74) is 4.36. The minimum absolute atomic E-state index is 0.327. The number of nitrogens with zero attached hydrogens (tertiary/aromatic N) is 1. The molecule has 0 radical (unpaired) electrons. The van der Waals surface area contributed by atoms with E-state index in [2.05, 4.69) is 41.1 Å². The highest BCUT2D eigenvalue weighted by Crippen LogP contribution is 2.35. The molecule has 1 aliphatic carbocycles. The number of para-hydroxylation sites is 1. The van der Waals surface area contributed by atoms with E-state index in [1.165, 1.54) is 35.9 Å². The molecule has 0 aliphatic heterocycles. The molecule has 122 valence electrons. The third kappa shape index (κ3) is 4.34. The van der Waals surface area contributed by atoms with Crippen molar-refractivity contribution >= 4 is 10.9 Å². The molecule has 3 heteroatoms. The average molecular weight is 302 g/mol. The second-order valence-electron chi connectivity index (χ2n) is 6.59. The number of rotatable bonds is 4. The number of hydrogen-bond donors (Lipinski definition) is 2. The normalized spacial score (nSPS) is 17.2. The molecular weight excluding hydrogens is 272 g/mol. The van der Waals surface area contributed by atoms with E-state index in [0.717, 1.165) is 19.4 Å². The molecule has 2 aromatic rings. The maximum Gasteiger partial charge on any atom is 0.0459 e. The van der Waals surface area contributed by atoms with E-state index in [4.69, 9.17) is 5.11 Å². The van der Waals surface area contributed by atoms with Crippen molar-refractivity contribution in [2.75, 3.05) is 27.2 Å². The number of benzene rings is 1. The molecule has 1 atom stereocenters. The Labute approximate surface area is 134 Å². The van der Waals surface area contributed by atoms with Gasteiger partial charge in [0.05, 0.1) is 0 Å². The first-order valence-electron chi connectivity index (χ1n) is 8.48. The number of aliphatic hydroxyl groups is 1. The monoisotopic (exact) mass is 302 g/mol. The third-order valence-electron chi connectivity index (χ3n) is 4.42. The van der Waals surface area contributed by atoms with Crippen molar-refractivity contribution in [3.05, 3.63) is 35.5 Å². The highest BCUT2D eigenvalue weighted by Gasteiger charge is 2.20. The van der Waals surface area contributed by atoms with Gasteiger partial charge >= 0.3 is 0 Å². The lowest BCUT2D eigenvalue weighted by Gasteiger charge is -2.18. The van der Waals surface area contributed by atoms with E-state index in [0.29, 0.717) is 12.5 Å². The number of hydrogen-bond acceptors (Lipinski definition) is 2. The Morgan fingerprint density at radius 2 is 2.00 bits per heavy atom. The van der Waals surface area contributed by atoms with Gasteiger partial charge in [0.2, 0.25) is 0 Å². The van der Waals surface area contributed by atoms with Crippen molar-refractivity contribution in [1.82, 2.24) is 9.88 Å². The number of fused-ring (bicyclic) bond motifs is 3. The molecule has 1 heterocycles. The van der Waals surface area contributed by atoms with Crippen LogP contribution in [0.15, 0.2) is 24.3 Å². The van der Waals surface area contributed by atoms with Gasteiger partial charge in [0.1, 0.15) is 0 Å². The number of unbranched alkanes of at least 4 members (excludes halogenated alkanes) is 1. The summed E-state index contributed by atoms with van der Waals surface area (Å²) in [5, 5.41) is 9.80. The number of aryl methyl sites for hydroxylation is 1. The van der Waals surface area contributed by atoms with E-state index < -0.39 is 0 Å². The Balaban J connectivity index is 0.000000192. The Morgan fingerprint density at radius 3 is 2.73 bits per heavy atom. The van der Waals surface area contributed by atoms with Gasteiger partial charge in [-0.15, -0.1) is 0 Å². The Bertz CT molecular complexity index is 574. The van der Waals surface area contributed by atoms with Crippen LogP contribution in [-0.4, -0.2) is 42.2 Å². The van der Waals surface area contributed by atoms with Crippen molar-refractivity contribution in [3.8, 4) is 0 Å². The van der Waals surface area contributed by atoms with E-state index in [-0.39, 0.29) is 0 Å². The molecular formula is C19H30N2O. The number of nitrogens with one attached hydrogen (secondary N) is 1. The van der Waals surface area contributed by atoms with Gasteiger partial charge in [-0.2, -0.15) is 0 Å². The van der Waals surface area contributed by atoms with E-state index in [1.807, 2.05) is 14.1 Å². The zero-order valence-electron chi connectivity index (χ0n) is 14.2. The zero-order chi connectivity index (χ0) is 15.9. The quantitative estimate of drug-likeness (QED) is 0.840. The average Bonchev–Trinajstić information content (AvgIpc) is 2.88. The molecule has 1 aromatic heterocycles. The molecule has 3 rings (SSSR count). The summed E-state index contributed by atoms with van der Waals surface area (Å²) in [6.45, 7) is 3.74. The van der Waals surface area contributed by atoms with E-state index in [1.54, 1.807) is 5.56 Å². The fourth-order valence-electron chi connectivity index (χ4n) is 3.18. The van der Waals surface area contributed by atoms with Gasteiger partial charge in [0.25, 0.3) is 0 Å². The van der Waals surface area contributed by atoms with E-state index >= 15 is 0 Å². The molecule has 1 unspecified atom stereocenters. The standard InChI is InChI=1S/C13H15N.C6H15NO/c1-9-5-4-7-11-10-6-2-3-8-12(10)14-13(9)11;1-7(2)5-3-4-6-8/h2-3,6,8-9,14H,4-5,7H2,1H3;8H,3-6H2,1-2H3.